The monoisotopic (exact) mass is 468 g/mol. The number of alkyl halides is 1. The maximum absolute atomic E-state index is 13.3. The average Bonchev–Trinajstić information content (AvgIpc) is 2.86. The second-order valence-electron chi connectivity index (χ2n) is 8.99. The lowest BCUT2D eigenvalue weighted by atomic mass is 9.46. The van der Waals surface area contributed by atoms with Gasteiger partial charge in [0, 0.05) is 23.2 Å². The molecule has 0 aromatic heterocycles. The Morgan fingerprint density at radius 2 is 2.04 bits per heavy atom. The Hall–Kier alpha value is -0.820. The molecule has 0 spiro atoms. The van der Waals surface area contributed by atoms with E-state index in [0.29, 0.717) is 6.42 Å². The van der Waals surface area contributed by atoms with Crippen molar-refractivity contribution >= 4 is 39.9 Å². The molecule has 0 saturated heterocycles. The molecule has 0 radical (unpaired) electrons. The molecule has 5 heteroatoms. The summed E-state index contributed by atoms with van der Waals surface area (Å²) in [4.78, 5) is 37.7. The second kappa shape index (κ2) is 5.84. The number of allylic oxidation sites excluding steroid dienone is 4. The van der Waals surface area contributed by atoms with Crippen molar-refractivity contribution in [3.63, 3.8) is 0 Å². The molecule has 0 aliphatic heterocycles. The molecular formula is C21H25IO4. The Labute approximate surface area is 167 Å². The van der Waals surface area contributed by atoms with Crippen LogP contribution in [0.25, 0.3) is 0 Å². The Morgan fingerprint density at radius 1 is 1.31 bits per heavy atom. The minimum atomic E-state index is -1.38. The summed E-state index contributed by atoms with van der Waals surface area (Å²) in [6.45, 7) is 4.03. The summed E-state index contributed by atoms with van der Waals surface area (Å²) in [5.74, 6) is 0.195. The number of ketones is 3. The van der Waals surface area contributed by atoms with E-state index in [9.17, 15) is 19.5 Å². The number of halogens is 1. The molecule has 4 aliphatic rings. The van der Waals surface area contributed by atoms with E-state index in [1.54, 1.807) is 12.2 Å². The molecular weight excluding hydrogens is 443 g/mol. The number of rotatable bonds is 2. The fourth-order valence-corrected chi connectivity index (χ4v) is 7.23. The van der Waals surface area contributed by atoms with Gasteiger partial charge >= 0.3 is 0 Å². The molecule has 6 atom stereocenters. The Kier molecular flexibility index (Phi) is 4.16. The minimum absolute atomic E-state index is 0.00639. The summed E-state index contributed by atoms with van der Waals surface area (Å²) in [5.41, 5.74) is -1.38. The van der Waals surface area contributed by atoms with Crippen molar-refractivity contribution in [2.75, 3.05) is 4.43 Å². The van der Waals surface area contributed by atoms with Crippen molar-refractivity contribution in [2.45, 2.75) is 51.6 Å². The van der Waals surface area contributed by atoms with Crippen LogP contribution >= 0.6 is 22.6 Å². The molecule has 0 bridgehead atoms. The fraction of sp³-hybridized carbons (Fsp3) is 0.667. The molecule has 0 aromatic carbocycles. The largest absolute Gasteiger partial charge is 0.381 e. The maximum Gasteiger partial charge on any atom is 0.178 e. The van der Waals surface area contributed by atoms with Crippen molar-refractivity contribution in [3.8, 4) is 0 Å². The summed E-state index contributed by atoms with van der Waals surface area (Å²) in [6.07, 6.45) is 8.41. The highest BCUT2D eigenvalue weighted by atomic mass is 127. The van der Waals surface area contributed by atoms with Crippen LogP contribution in [-0.4, -0.2) is 32.5 Å². The molecule has 26 heavy (non-hydrogen) atoms. The van der Waals surface area contributed by atoms with Gasteiger partial charge < -0.3 is 5.11 Å². The smallest absolute Gasteiger partial charge is 0.178 e. The van der Waals surface area contributed by atoms with Gasteiger partial charge in [-0.25, -0.2) is 0 Å². The molecule has 140 valence electrons. The standard InChI is InChI=1S/C21H25IO4/c1-19-7-5-13(23)9-12(19)3-4-14-15-6-8-21(26,17(25)11-22)20(15,2)10-16(24)18(14)19/h5,7,9,14-15,18,26H,3-4,6,8,10-11H2,1-2H3/t14-,15-,18+,19-,20-,21-/m0/s1. The van der Waals surface area contributed by atoms with Crippen molar-refractivity contribution in [1.29, 1.82) is 0 Å². The van der Waals surface area contributed by atoms with Crippen LogP contribution in [0.15, 0.2) is 23.8 Å². The van der Waals surface area contributed by atoms with Gasteiger partial charge in [-0.05, 0) is 49.7 Å². The Bertz CT molecular complexity index is 768. The summed E-state index contributed by atoms with van der Waals surface area (Å²) in [7, 11) is 0. The van der Waals surface area contributed by atoms with Crippen LogP contribution < -0.4 is 0 Å². The first kappa shape index (κ1) is 18.5. The molecule has 4 rings (SSSR count). The van der Waals surface area contributed by atoms with Crippen molar-refractivity contribution < 1.29 is 19.5 Å². The van der Waals surface area contributed by atoms with Gasteiger partial charge in [-0.3, -0.25) is 14.4 Å². The molecule has 4 nitrogen and oxygen atoms in total. The molecule has 3 fully saturated rings. The molecule has 4 aliphatic carbocycles. The summed E-state index contributed by atoms with van der Waals surface area (Å²) < 4.78 is 0.272. The van der Waals surface area contributed by atoms with Crippen LogP contribution in [-0.2, 0) is 14.4 Å². The topological polar surface area (TPSA) is 71.4 Å². The molecule has 0 heterocycles. The predicted molar refractivity (Wildman–Crippen MR) is 106 cm³/mol. The lowest BCUT2D eigenvalue weighted by Crippen LogP contribution is -2.60. The van der Waals surface area contributed by atoms with Crippen LogP contribution in [0, 0.1) is 28.6 Å². The third-order valence-electron chi connectivity index (χ3n) is 7.99. The van der Waals surface area contributed by atoms with Crippen LogP contribution in [0.5, 0.6) is 0 Å². The van der Waals surface area contributed by atoms with Gasteiger partial charge in [-0.15, -0.1) is 0 Å². The van der Waals surface area contributed by atoms with E-state index in [-0.39, 0.29) is 46.0 Å². The van der Waals surface area contributed by atoms with Crippen molar-refractivity contribution in [1.82, 2.24) is 0 Å². The quantitative estimate of drug-likeness (QED) is 0.499. The van der Waals surface area contributed by atoms with E-state index in [1.807, 2.05) is 35.6 Å². The number of fused-ring (bicyclic) bond motifs is 5. The summed E-state index contributed by atoms with van der Waals surface area (Å²) in [6, 6.07) is 0. The highest BCUT2D eigenvalue weighted by Gasteiger charge is 2.68. The molecule has 0 amide bonds. The number of carbonyl (C=O) groups excluding carboxylic acids is 3. The second-order valence-corrected chi connectivity index (χ2v) is 9.75. The van der Waals surface area contributed by atoms with E-state index in [0.717, 1.165) is 24.8 Å². The third-order valence-corrected chi connectivity index (χ3v) is 8.68. The molecule has 3 saturated carbocycles. The van der Waals surface area contributed by atoms with E-state index in [4.69, 9.17) is 0 Å². The van der Waals surface area contributed by atoms with E-state index in [2.05, 4.69) is 6.92 Å². The van der Waals surface area contributed by atoms with Gasteiger partial charge in [0.25, 0.3) is 0 Å². The Balaban J connectivity index is 1.76. The van der Waals surface area contributed by atoms with Gasteiger partial charge in [0.15, 0.2) is 11.6 Å². The lowest BCUT2D eigenvalue weighted by Gasteiger charge is -2.56. The summed E-state index contributed by atoms with van der Waals surface area (Å²) >= 11 is 2.01. The van der Waals surface area contributed by atoms with Crippen molar-refractivity contribution in [2.24, 2.45) is 28.6 Å². The zero-order valence-electron chi connectivity index (χ0n) is 15.3. The van der Waals surface area contributed by atoms with Gasteiger partial charge in [0.05, 0.1) is 4.43 Å². The molecule has 0 aromatic rings. The number of aliphatic hydroxyl groups is 1. The first-order chi connectivity index (χ1) is 12.2. The first-order valence-corrected chi connectivity index (χ1v) is 11.0. The maximum atomic E-state index is 13.3. The van der Waals surface area contributed by atoms with Crippen molar-refractivity contribution in [3.05, 3.63) is 23.8 Å². The van der Waals surface area contributed by atoms with Crippen LogP contribution in [0.4, 0.5) is 0 Å². The average molecular weight is 468 g/mol. The van der Waals surface area contributed by atoms with Gasteiger partial charge in [0.2, 0.25) is 0 Å². The zero-order chi connectivity index (χ0) is 18.9. The van der Waals surface area contributed by atoms with E-state index in [1.165, 1.54) is 0 Å². The van der Waals surface area contributed by atoms with E-state index < -0.39 is 16.4 Å². The highest BCUT2D eigenvalue weighted by Crippen LogP contribution is 2.66. The fourth-order valence-electron chi connectivity index (χ4n) is 6.60. The minimum Gasteiger partial charge on any atom is -0.381 e. The van der Waals surface area contributed by atoms with Crippen LogP contribution in [0.3, 0.4) is 0 Å². The highest BCUT2D eigenvalue weighted by molar-refractivity contribution is 14.1. The van der Waals surface area contributed by atoms with Gasteiger partial charge in [-0.2, -0.15) is 0 Å². The number of Topliss-reactive ketones (excluding diaryl/α,β-unsaturated/α-hetero) is 2. The zero-order valence-corrected chi connectivity index (χ0v) is 17.4. The Morgan fingerprint density at radius 3 is 2.73 bits per heavy atom. The summed E-state index contributed by atoms with van der Waals surface area (Å²) in [5, 5.41) is 11.3. The first-order valence-electron chi connectivity index (χ1n) is 9.46. The predicted octanol–water partition coefficient (Wildman–Crippen LogP) is 3.21. The van der Waals surface area contributed by atoms with Crippen LogP contribution in [0.2, 0.25) is 0 Å². The van der Waals surface area contributed by atoms with Gasteiger partial charge in [-0.1, -0.05) is 48.1 Å². The normalized spacial score (nSPS) is 47.1. The van der Waals surface area contributed by atoms with Crippen LogP contribution in [0.1, 0.15) is 46.0 Å². The molecule has 0 unspecified atom stereocenters. The van der Waals surface area contributed by atoms with E-state index >= 15 is 0 Å². The number of carbonyl (C=O) groups is 3. The SMILES string of the molecule is C[C@]12C=CC(=O)C=C1CC[C@@H]1[C@@H]2C(=O)C[C@@]2(C)[C@H]1CC[C@]2(O)C(=O)CI. The number of hydrogen-bond donors (Lipinski definition) is 1. The third kappa shape index (κ3) is 2.19. The lowest BCUT2D eigenvalue weighted by molar-refractivity contribution is -0.165. The molecule has 1 N–H and O–H groups in total. The number of hydrogen-bond acceptors (Lipinski definition) is 4. The van der Waals surface area contributed by atoms with Gasteiger partial charge in [0.1, 0.15) is 11.4 Å².